The quantitative estimate of drug-likeness (QED) is 0.276. The van der Waals surface area contributed by atoms with Gasteiger partial charge in [-0.3, -0.25) is 10.1 Å². The first kappa shape index (κ1) is 26.6. The Kier molecular flexibility index (Phi) is 8.14. The van der Waals surface area contributed by atoms with Crippen LogP contribution in [0.5, 0.6) is 5.75 Å². The van der Waals surface area contributed by atoms with Crippen LogP contribution >= 0.6 is 34.5 Å². The lowest BCUT2D eigenvalue weighted by molar-refractivity contribution is 0.0519. The summed E-state index contributed by atoms with van der Waals surface area (Å²) in [4.78, 5) is 43.9. The number of nitrogens with one attached hydrogen (secondary N) is 3. The highest BCUT2D eigenvalue weighted by atomic mass is 35.5. The molecule has 0 spiro atoms. The molecule has 0 saturated carbocycles. The third-order valence-corrected chi connectivity index (χ3v) is 6.28. The van der Waals surface area contributed by atoms with Crippen LogP contribution in [0.25, 0.3) is 10.2 Å². The zero-order chi connectivity index (χ0) is 25.9. The number of fused-ring (bicyclic) bond motifs is 1. The summed E-state index contributed by atoms with van der Waals surface area (Å²) in [7, 11) is 1.27. The van der Waals surface area contributed by atoms with E-state index in [1.807, 2.05) is 0 Å². The summed E-state index contributed by atoms with van der Waals surface area (Å²) in [5.41, 5.74) is 0.702. The molecule has 2 amide bonds. The van der Waals surface area contributed by atoms with Gasteiger partial charge in [0.15, 0.2) is 5.13 Å². The number of H-pyrrole nitrogens is 1. The van der Waals surface area contributed by atoms with Gasteiger partial charge in [0.05, 0.1) is 34.0 Å². The Morgan fingerprint density at radius 3 is 2.49 bits per heavy atom. The number of esters is 1. The summed E-state index contributed by atoms with van der Waals surface area (Å²) in [6.45, 7) is 7.20. The van der Waals surface area contributed by atoms with Crippen LogP contribution in [0.1, 0.15) is 47.3 Å². The van der Waals surface area contributed by atoms with E-state index < -0.39 is 23.6 Å². The van der Waals surface area contributed by atoms with Crippen molar-refractivity contribution in [1.82, 2.24) is 15.3 Å². The molecule has 0 radical (unpaired) electrons. The molecule has 0 aliphatic rings. The fraction of sp³-hybridized carbons (Fsp3) is 0.364. The highest BCUT2D eigenvalue weighted by Crippen LogP contribution is 2.35. The van der Waals surface area contributed by atoms with Crippen molar-refractivity contribution in [2.45, 2.75) is 33.3 Å². The number of aromatic amines is 1. The normalized spacial score (nSPS) is 11.3. The van der Waals surface area contributed by atoms with Gasteiger partial charge in [-0.15, -0.1) is 0 Å². The van der Waals surface area contributed by atoms with Crippen LogP contribution in [-0.4, -0.2) is 53.8 Å². The number of alkyl carbamates (subject to hydrolysis) is 1. The van der Waals surface area contributed by atoms with Gasteiger partial charge in [-0.1, -0.05) is 34.5 Å². The van der Waals surface area contributed by atoms with Gasteiger partial charge in [-0.25, -0.2) is 14.6 Å². The smallest absolute Gasteiger partial charge is 0.407 e. The number of amides is 2. The number of ether oxygens (including phenoxy) is 3. The van der Waals surface area contributed by atoms with Crippen molar-refractivity contribution in [3.8, 4) is 5.75 Å². The molecule has 10 nitrogen and oxygen atoms in total. The summed E-state index contributed by atoms with van der Waals surface area (Å²) in [6.07, 6.45) is -0.577. The number of hydrogen-bond donors (Lipinski definition) is 3. The number of methoxy groups -OCH3 is 1. The van der Waals surface area contributed by atoms with Gasteiger partial charge in [0.25, 0.3) is 5.91 Å². The van der Waals surface area contributed by atoms with Crippen LogP contribution in [-0.2, 0) is 9.47 Å². The molecule has 0 atom stereocenters. The summed E-state index contributed by atoms with van der Waals surface area (Å²) in [5.74, 6) is -0.811. The van der Waals surface area contributed by atoms with Crippen molar-refractivity contribution >= 4 is 67.9 Å². The lowest BCUT2D eigenvalue weighted by atomic mass is 10.2. The number of aryl methyl sites for hydroxylation is 1. The number of thiazole rings is 1. The van der Waals surface area contributed by atoms with E-state index >= 15 is 0 Å². The SMILES string of the molecule is COC(=O)c1cc(OCCNC(=O)OC(C)(C)C)c2nc(NC(=O)c3[nH]c(C)c(Cl)c3Cl)sc2c1. The number of carbonyl (C=O) groups excluding carboxylic acids is 3. The zero-order valence-electron chi connectivity index (χ0n) is 19.6. The van der Waals surface area contributed by atoms with Crippen LogP contribution < -0.4 is 15.4 Å². The van der Waals surface area contributed by atoms with Crippen LogP contribution in [0.2, 0.25) is 10.0 Å². The van der Waals surface area contributed by atoms with Crippen molar-refractivity contribution in [3.63, 3.8) is 0 Å². The van der Waals surface area contributed by atoms with Gasteiger partial charge < -0.3 is 24.5 Å². The fourth-order valence-electron chi connectivity index (χ4n) is 2.91. The molecule has 3 rings (SSSR count). The molecule has 35 heavy (non-hydrogen) atoms. The summed E-state index contributed by atoms with van der Waals surface area (Å²) < 4.78 is 16.4. The molecule has 0 aliphatic carbocycles. The minimum Gasteiger partial charge on any atom is -0.489 e. The summed E-state index contributed by atoms with van der Waals surface area (Å²) >= 11 is 13.3. The second kappa shape index (κ2) is 10.7. The van der Waals surface area contributed by atoms with Gasteiger partial charge in [0.1, 0.15) is 29.2 Å². The molecule has 13 heteroatoms. The van der Waals surface area contributed by atoms with E-state index in [1.165, 1.54) is 13.2 Å². The average molecular weight is 543 g/mol. The minimum absolute atomic E-state index is 0.0774. The van der Waals surface area contributed by atoms with E-state index in [4.69, 9.17) is 37.4 Å². The van der Waals surface area contributed by atoms with E-state index in [0.717, 1.165) is 11.3 Å². The summed E-state index contributed by atoms with van der Waals surface area (Å²) in [6, 6.07) is 3.07. The Morgan fingerprint density at radius 2 is 1.89 bits per heavy atom. The molecule has 2 aromatic heterocycles. The average Bonchev–Trinajstić information content (AvgIpc) is 3.30. The van der Waals surface area contributed by atoms with E-state index in [9.17, 15) is 14.4 Å². The minimum atomic E-state index is -0.623. The van der Waals surface area contributed by atoms with Crippen LogP contribution in [0.3, 0.4) is 0 Å². The van der Waals surface area contributed by atoms with Gasteiger partial charge >= 0.3 is 12.1 Å². The van der Waals surface area contributed by atoms with Crippen molar-refractivity contribution in [3.05, 3.63) is 39.1 Å². The lowest BCUT2D eigenvalue weighted by Gasteiger charge is -2.19. The van der Waals surface area contributed by atoms with Gasteiger partial charge in [-0.2, -0.15) is 0 Å². The first-order valence-electron chi connectivity index (χ1n) is 10.4. The Balaban J connectivity index is 1.80. The summed E-state index contributed by atoms with van der Waals surface area (Å²) in [5, 5.41) is 5.88. The molecule has 0 saturated heterocycles. The Labute approximate surface area is 215 Å². The van der Waals surface area contributed by atoms with Crippen molar-refractivity contribution in [2.24, 2.45) is 0 Å². The maximum Gasteiger partial charge on any atom is 0.407 e. The maximum atomic E-state index is 12.7. The molecule has 0 unspecified atom stereocenters. The number of anilines is 1. The topological polar surface area (TPSA) is 132 Å². The van der Waals surface area contributed by atoms with Crippen molar-refractivity contribution in [1.29, 1.82) is 0 Å². The Hall–Kier alpha value is -3.02. The Morgan fingerprint density at radius 1 is 1.17 bits per heavy atom. The number of rotatable bonds is 7. The van der Waals surface area contributed by atoms with E-state index in [-0.39, 0.29) is 45.3 Å². The van der Waals surface area contributed by atoms with E-state index in [1.54, 1.807) is 33.8 Å². The molecule has 0 aliphatic heterocycles. The van der Waals surface area contributed by atoms with Gasteiger partial charge in [-0.05, 0) is 39.8 Å². The molecule has 3 N–H and O–H groups in total. The molecular formula is C22H24Cl2N4O6S. The lowest BCUT2D eigenvalue weighted by Crippen LogP contribution is -2.34. The molecule has 0 bridgehead atoms. The number of hydrogen-bond acceptors (Lipinski definition) is 8. The van der Waals surface area contributed by atoms with Gasteiger partial charge in [0.2, 0.25) is 0 Å². The van der Waals surface area contributed by atoms with Gasteiger partial charge in [0, 0.05) is 5.69 Å². The molecule has 188 valence electrons. The number of nitrogens with zero attached hydrogens (tertiary/aromatic N) is 1. The van der Waals surface area contributed by atoms with E-state index in [2.05, 4.69) is 20.6 Å². The number of halogens is 2. The number of carbonyl (C=O) groups is 3. The predicted molar refractivity (Wildman–Crippen MR) is 134 cm³/mol. The van der Waals surface area contributed by atoms with Crippen molar-refractivity contribution in [2.75, 3.05) is 25.6 Å². The third-order valence-electron chi connectivity index (χ3n) is 4.41. The first-order chi connectivity index (χ1) is 16.4. The molecule has 0 fully saturated rings. The zero-order valence-corrected chi connectivity index (χ0v) is 22.0. The van der Waals surface area contributed by atoms with Crippen molar-refractivity contribution < 1.29 is 28.6 Å². The Bertz CT molecular complexity index is 1280. The second-order valence-electron chi connectivity index (χ2n) is 8.32. The molecule has 2 heterocycles. The standard InChI is InChI=1S/C22H24Cl2N4O6S/c1-10-14(23)15(24)17(26-10)18(29)28-20-27-16-12(8-11(19(30)32-5)9-13(16)35-20)33-7-6-25-21(31)34-22(2,3)4/h8-9,26H,6-7H2,1-5H3,(H,25,31)(H,27,28,29). The molecule has 1 aromatic carbocycles. The predicted octanol–water partition coefficient (Wildman–Crippen LogP) is 5.18. The van der Waals surface area contributed by atoms with Crippen LogP contribution in [0.15, 0.2) is 12.1 Å². The molecule has 3 aromatic rings. The highest BCUT2D eigenvalue weighted by molar-refractivity contribution is 7.22. The van der Waals surface area contributed by atoms with Crippen LogP contribution in [0.4, 0.5) is 9.93 Å². The molecular weight excluding hydrogens is 519 g/mol. The fourth-order valence-corrected chi connectivity index (χ4v) is 4.25. The van der Waals surface area contributed by atoms with E-state index in [0.29, 0.717) is 15.9 Å². The maximum absolute atomic E-state index is 12.7. The number of aromatic nitrogens is 2. The first-order valence-corrected chi connectivity index (χ1v) is 11.9. The monoisotopic (exact) mass is 542 g/mol. The second-order valence-corrected chi connectivity index (χ2v) is 10.1. The highest BCUT2D eigenvalue weighted by Gasteiger charge is 2.21. The number of benzene rings is 1. The third kappa shape index (κ3) is 6.56. The largest absolute Gasteiger partial charge is 0.489 e. The van der Waals surface area contributed by atoms with Crippen LogP contribution in [0, 0.1) is 6.92 Å².